The van der Waals surface area contributed by atoms with Crippen LogP contribution in [-0.4, -0.2) is 0 Å². The number of unbranched alkanes of at least 4 members (excludes halogenated alkanes) is 1. The molecular formula is C12H21N. The van der Waals surface area contributed by atoms with Crippen molar-refractivity contribution in [1.82, 2.24) is 0 Å². The molecule has 1 unspecified atom stereocenters. The molecule has 13 heavy (non-hydrogen) atoms. The van der Waals surface area contributed by atoms with Gasteiger partial charge in [0, 0.05) is 6.42 Å². The minimum Gasteiger partial charge on any atom is -0.198 e. The number of rotatable bonds is 7. The minimum absolute atomic E-state index is 0.714. The zero-order valence-electron chi connectivity index (χ0n) is 8.92. The standard InChI is InChI=1S/C12H21N/c1-3-4-5-6-7-9-12(2)10-8-11-13/h4-5,12H,3,6-10H2,1-2H3/b5-4-. The third kappa shape index (κ3) is 9.14. The van der Waals surface area contributed by atoms with Gasteiger partial charge in [-0.15, -0.1) is 0 Å². The van der Waals surface area contributed by atoms with Crippen LogP contribution in [0, 0.1) is 17.2 Å². The fourth-order valence-electron chi connectivity index (χ4n) is 1.32. The lowest BCUT2D eigenvalue weighted by molar-refractivity contribution is 0.483. The summed E-state index contributed by atoms with van der Waals surface area (Å²) in [4.78, 5) is 0. The molecule has 0 aromatic rings. The first-order valence-corrected chi connectivity index (χ1v) is 5.33. The molecule has 0 aliphatic rings. The molecule has 0 spiro atoms. The van der Waals surface area contributed by atoms with Crippen LogP contribution in [0.1, 0.15) is 52.4 Å². The Morgan fingerprint density at radius 2 is 2.08 bits per heavy atom. The Balaban J connectivity index is 3.22. The van der Waals surface area contributed by atoms with Gasteiger partial charge in [-0.2, -0.15) is 5.26 Å². The lowest BCUT2D eigenvalue weighted by atomic mass is 9.99. The Kier molecular flexibility index (Phi) is 8.77. The van der Waals surface area contributed by atoms with E-state index in [0.717, 1.165) is 18.8 Å². The number of nitrogens with zero attached hydrogens (tertiary/aromatic N) is 1. The molecule has 74 valence electrons. The molecule has 0 N–H and O–H groups in total. The van der Waals surface area contributed by atoms with E-state index in [1.807, 2.05) is 0 Å². The Labute approximate surface area is 82.5 Å². The fourth-order valence-corrected chi connectivity index (χ4v) is 1.32. The number of hydrogen-bond donors (Lipinski definition) is 0. The van der Waals surface area contributed by atoms with Gasteiger partial charge in [0.15, 0.2) is 0 Å². The van der Waals surface area contributed by atoms with Crippen LogP contribution in [0.3, 0.4) is 0 Å². The van der Waals surface area contributed by atoms with E-state index in [2.05, 4.69) is 32.1 Å². The average molecular weight is 179 g/mol. The third-order valence-electron chi connectivity index (χ3n) is 2.22. The number of hydrogen-bond acceptors (Lipinski definition) is 1. The van der Waals surface area contributed by atoms with Gasteiger partial charge < -0.3 is 0 Å². The first-order chi connectivity index (χ1) is 6.31. The molecule has 0 bridgehead atoms. The number of allylic oxidation sites excluding steroid dienone is 2. The quantitative estimate of drug-likeness (QED) is 0.427. The van der Waals surface area contributed by atoms with E-state index in [1.165, 1.54) is 19.3 Å². The van der Waals surface area contributed by atoms with E-state index in [1.54, 1.807) is 0 Å². The molecule has 1 nitrogen and oxygen atoms in total. The molecule has 0 fully saturated rings. The summed E-state index contributed by atoms with van der Waals surface area (Å²) in [5, 5.41) is 8.40. The molecule has 0 heterocycles. The summed E-state index contributed by atoms with van der Waals surface area (Å²) in [6, 6.07) is 2.20. The first kappa shape index (κ1) is 12.2. The topological polar surface area (TPSA) is 23.8 Å². The Hall–Kier alpha value is -0.770. The van der Waals surface area contributed by atoms with Crippen LogP contribution in [0.5, 0.6) is 0 Å². The van der Waals surface area contributed by atoms with Crippen LogP contribution in [-0.2, 0) is 0 Å². The Morgan fingerprint density at radius 1 is 1.31 bits per heavy atom. The van der Waals surface area contributed by atoms with Crippen molar-refractivity contribution < 1.29 is 0 Å². The predicted molar refractivity (Wildman–Crippen MR) is 57.3 cm³/mol. The van der Waals surface area contributed by atoms with Gasteiger partial charge in [-0.3, -0.25) is 0 Å². The van der Waals surface area contributed by atoms with Crippen LogP contribution in [0.4, 0.5) is 0 Å². The molecule has 0 aliphatic heterocycles. The molecule has 1 atom stereocenters. The summed E-state index contributed by atoms with van der Waals surface area (Å²) in [6.45, 7) is 4.40. The lowest BCUT2D eigenvalue weighted by Crippen LogP contribution is -1.93. The van der Waals surface area contributed by atoms with E-state index in [-0.39, 0.29) is 0 Å². The van der Waals surface area contributed by atoms with Gasteiger partial charge in [0.1, 0.15) is 0 Å². The van der Waals surface area contributed by atoms with Gasteiger partial charge in [-0.05, 0) is 31.6 Å². The minimum atomic E-state index is 0.714. The summed E-state index contributed by atoms with van der Waals surface area (Å²) in [6.07, 6.45) is 11.1. The Bertz CT molecular complexity index is 164. The van der Waals surface area contributed by atoms with E-state index < -0.39 is 0 Å². The van der Waals surface area contributed by atoms with Crippen LogP contribution >= 0.6 is 0 Å². The largest absolute Gasteiger partial charge is 0.198 e. The normalized spacial score (nSPS) is 13.0. The van der Waals surface area contributed by atoms with Crippen molar-refractivity contribution >= 4 is 0 Å². The van der Waals surface area contributed by atoms with Crippen molar-refractivity contribution in [1.29, 1.82) is 5.26 Å². The van der Waals surface area contributed by atoms with Crippen LogP contribution in [0.15, 0.2) is 12.2 Å². The molecule has 0 amide bonds. The van der Waals surface area contributed by atoms with Crippen molar-refractivity contribution in [3.05, 3.63) is 12.2 Å². The van der Waals surface area contributed by atoms with Crippen LogP contribution in [0.25, 0.3) is 0 Å². The third-order valence-corrected chi connectivity index (χ3v) is 2.22. The summed E-state index contributed by atoms with van der Waals surface area (Å²) >= 11 is 0. The SMILES string of the molecule is CC/C=C\CCCC(C)CCC#N. The highest BCUT2D eigenvalue weighted by Crippen LogP contribution is 2.13. The van der Waals surface area contributed by atoms with Crippen molar-refractivity contribution in [3.63, 3.8) is 0 Å². The molecule has 0 aromatic heterocycles. The molecule has 0 aliphatic carbocycles. The molecule has 0 saturated heterocycles. The monoisotopic (exact) mass is 179 g/mol. The van der Waals surface area contributed by atoms with Gasteiger partial charge in [0.2, 0.25) is 0 Å². The van der Waals surface area contributed by atoms with Crippen molar-refractivity contribution in [3.8, 4) is 6.07 Å². The zero-order chi connectivity index (χ0) is 9.94. The van der Waals surface area contributed by atoms with Gasteiger partial charge in [0.25, 0.3) is 0 Å². The first-order valence-electron chi connectivity index (χ1n) is 5.33. The van der Waals surface area contributed by atoms with Crippen LogP contribution < -0.4 is 0 Å². The van der Waals surface area contributed by atoms with Crippen molar-refractivity contribution in [2.45, 2.75) is 52.4 Å². The maximum absolute atomic E-state index is 8.40. The highest BCUT2D eigenvalue weighted by Gasteiger charge is 1.99. The van der Waals surface area contributed by atoms with Crippen molar-refractivity contribution in [2.75, 3.05) is 0 Å². The second kappa shape index (κ2) is 9.32. The summed E-state index contributed by atoms with van der Waals surface area (Å²) < 4.78 is 0. The molecule has 0 rings (SSSR count). The highest BCUT2D eigenvalue weighted by molar-refractivity contribution is 4.80. The second-order valence-corrected chi connectivity index (χ2v) is 3.61. The van der Waals surface area contributed by atoms with Gasteiger partial charge in [-0.25, -0.2) is 0 Å². The maximum Gasteiger partial charge on any atom is 0.0621 e. The molecule has 0 saturated carbocycles. The number of nitriles is 1. The zero-order valence-corrected chi connectivity index (χ0v) is 8.92. The molecule has 0 aromatic carbocycles. The summed E-state index contributed by atoms with van der Waals surface area (Å²) in [5.41, 5.74) is 0. The highest BCUT2D eigenvalue weighted by atomic mass is 14.2. The average Bonchev–Trinajstić information content (AvgIpc) is 2.14. The fraction of sp³-hybridized carbons (Fsp3) is 0.750. The molecule has 0 radical (unpaired) electrons. The summed E-state index contributed by atoms with van der Waals surface area (Å²) in [5.74, 6) is 0.717. The van der Waals surface area contributed by atoms with Gasteiger partial charge >= 0.3 is 0 Å². The predicted octanol–water partition coefficient (Wildman–Crippen LogP) is 4.06. The van der Waals surface area contributed by atoms with E-state index in [4.69, 9.17) is 5.26 Å². The van der Waals surface area contributed by atoms with Crippen molar-refractivity contribution in [2.24, 2.45) is 5.92 Å². The van der Waals surface area contributed by atoms with E-state index in [0.29, 0.717) is 6.42 Å². The van der Waals surface area contributed by atoms with E-state index in [9.17, 15) is 0 Å². The maximum atomic E-state index is 8.40. The second-order valence-electron chi connectivity index (χ2n) is 3.61. The van der Waals surface area contributed by atoms with E-state index >= 15 is 0 Å². The lowest BCUT2D eigenvalue weighted by Gasteiger charge is -2.06. The van der Waals surface area contributed by atoms with Gasteiger partial charge in [-0.1, -0.05) is 32.4 Å². The Morgan fingerprint density at radius 3 is 2.69 bits per heavy atom. The van der Waals surface area contributed by atoms with Crippen LogP contribution in [0.2, 0.25) is 0 Å². The molecule has 1 heteroatoms. The smallest absolute Gasteiger partial charge is 0.0621 e. The van der Waals surface area contributed by atoms with Gasteiger partial charge in [0.05, 0.1) is 6.07 Å². The molecular weight excluding hydrogens is 158 g/mol. The summed E-state index contributed by atoms with van der Waals surface area (Å²) in [7, 11) is 0.